The van der Waals surface area contributed by atoms with Crippen molar-refractivity contribution in [2.45, 2.75) is 57.0 Å². The molecule has 0 aliphatic carbocycles. The SMILES string of the molecule is CCCCNC(=O)[C@@H](c1ccccc1)N(Cc1ccc(OC)cc1)C(=O)CCc1ccc(S(=O)(=O)NCC)cc1. The van der Waals surface area contributed by atoms with Crippen molar-refractivity contribution in [2.24, 2.45) is 0 Å². The maximum absolute atomic E-state index is 13.8. The summed E-state index contributed by atoms with van der Waals surface area (Å²) in [6.07, 6.45) is 2.35. The molecule has 0 saturated carbocycles. The van der Waals surface area contributed by atoms with Gasteiger partial charge in [-0.2, -0.15) is 0 Å². The summed E-state index contributed by atoms with van der Waals surface area (Å²) in [6.45, 7) is 4.86. The lowest BCUT2D eigenvalue weighted by atomic mass is 10.0. The molecule has 0 fully saturated rings. The third kappa shape index (κ3) is 8.66. The first-order chi connectivity index (χ1) is 19.3. The van der Waals surface area contributed by atoms with E-state index in [9.17, 15) is 18.0 Å². The van der Waals surface area contributed by atoms with Crippen LogP contribution in [-0.4, -0.2) is 45.3 Å². The average molecular weight is 566 g/mol. The minimum atomic E-state index is -3.55. The van der Waals surface area contributed by atoms with Crippen molar-refractivity contribution in [2.75, 3.05) is 20.2 Å². The highest BCUT2D eigenvalue weighted by molar-refractivity contribution is 7.89. The van der Waals surface area contributed by atoms with E-state index in [1.54, 1.807) is 43.2 Å². The van der Waals surface area contributed by atoms with Gasteiger partial charge in [0.1, 0.15) is 11.8 Å². The number of rotatable bonds is 15. The zero-order chi connectivity index (χ0) is 29.0. The number of hydrogen-bond donors (Lipinski definition) is 2. The number of methoxy groups -OCH3 is 1. The van der Waals surface area contributed by atoms with E-state index in [0.29, 0.717) is 25.3 Å². The lowest BCUT2D eigenvalue weighted by molar-refractivity contribution is -0.141. The Bertz CT molecular complexity index is 1330. The van der Waals surface area contributed by atoms with Crippen LogP contribution in [0.4, 0.5) is 0 Å². The van der Waals surface area contributed by atoms with Crippen molar-refractivity contribution in [3.8, 4) is 5.75 Å². The summed E-state index contributed by atoms with van der Waals surface area (Å²) in [5, 5.41) is 3.01. The van der Waals surface area contributed by atoms with Crippen LogP contribution in [0, 0.1) is 0 Å². The van der Waals surface area contributed by atoms with Crippen LogP contribution in [0.3, 0.4) is 0 Å². The second-order valence-corrected chi connectivity index (χ2v) is 11.2. The van der Waals surface area contributed by atoms with Gasteiger partial charge in [0.05, 0.1) is 12.0 Å². The van der Waals surface area contributed by atoms with E-state index in [-0.39, 0.29) is 29.7 Å². The molecule has 1 atom stereocenters. The normalized spacial score (nSPS) is 12.0. The minimum absolute atomic E-state index is 0.154. The molecule has 9 heteroatoms. The van der Waals surface area contributed by atoms with E-state index in [0.717, 1.165) is 29.5 Å². The summed E-state index contributed by atoms with van der Waals surface area (Å²) < 4.78 is 32.3. The lowest BCUT2D eigenvalue weighted by Gasteiger charge is -2.32. The van der Waals surface area contributed by atoms with Gasteiger partial charge in [-0.25, -0.2) is 13.1 Å². The number of aryl methyl sites for hydroxylation is 1. The molecule has 40 heavy (non-hydrogen) atoms. The Kier molecular flexibility index (Phi) is 11.7. The van der Waals surface area contributed by atoms with E-state index in [1.807, 2.05) is 54.6 Å². The summed E-state index contributed by atoms with van der Waals surface area (Å²) in [5.41, 5.74) is 2.43. The number of unbranched alkanes of at least 4 members (excludes halogenated alkanes) is 1. The predicted octanol–water partition coefficient (Wildman–Crippen LogP) is 4.61. The highest BCUT2D eigenvalue weighted by Gasteiger charge is 2.31. The van der Waals surface area contributed by atoms with Crippen molar-refractivity contribution in [3.05, 3.63) is 95.6 Å². The lowest BCUT2D eigenvalue weighted by Crippen LogP contribution is -2.43. The van der Waals surface area contributed by atoms with Gasteiger partial charge in [-0.15, -0.1) is 0 Å². The number of sulfonamides is 1. The first-order valence-electron chi connectivity index (χ1n) is 13.6. The first kappa shape index (κ1) is 30.8. The van der Waals surface area contributed by atoms with Crippen LogP contribution in [0.2, 0.25) is 0 Å². The molecular weight excluding hydrogens is 526 g/mol. The third-order valence-corrected chi connectivity index (χ3v) is 8.09. The number of nitrogens with zero attached hydrogens (tertiary/aromatic N) is 1. The van der Waals surface area contributed by atoms with E-state index in [2.05, 4.69) is 17.0 Å². The van der Waals surface area contributed by atoms with E-state index >= 15 is 0 Å². The third-order valence-electron chi connectivity index (χ3n) is 6.53. The highest BCUT2D eigenvalue weighted by atomic mass is 32.2. The summed E-state index contributed by atoms with van der Waals surface area (Å²) in [6, 6.07) is 22.5. The van der Waals surface area contributed by atoms with Gasteiger partial charge >= 0.3 is 0 Å². The molecule has 0 heterocycles. The molecule has 3 rings (SSSR count). The van der Waals surface area contributed by atoms with Gasteiger partial charge in [0.25, 0.3) is 0 Å². The van der Waals surface area contributed by atoms with Crippen LogP contribution >= 0.6 is 0 Å². The quantitative estimate of drug-likeness (QED) is 0.262. The summed E-state index contributed by atoms with van der Waals surface area (Å²) in [4.78, 5) is 29.2. The smallest absolute Gasteiger partial charge is 0.247 e. The molecule has 214 valence electrons. The molecule has 0 spiro atoms. The van der Waals surface area contributed by atoms with Crippen molar-refractivity contribution < 1.29 is 22.7 Å². The number of carbonyl (C=O) groups excluding carboxylic acids is 2. The van der Waals surface area contributed by atoms with Crippen LogP contribution in [0.15, 0.2) is 83.8 Å². The van der Waals surface area contributed by atoms with Crippen molar-refractivity contribution >= 4 is 21.8 Å². The Morgan fingerprint density at radius 2 is 1.55 bits per heavy atom. The van der Waals surface area contributed by atoms with E-state index in [1.165, 1.54) is 0 Å². The fraction of sp³-hybridized carbons (Fsp3) is 0.355. The summed E-state index contributed by atoms with van der Waals surface area (Å²) in [5.74, 6) is 0.303. The molecule has 8 nitrogen and oxygen atoms in total. The molecule has 0 aromatic heterocycles. The highest BCUT2D eigenvalue weighted by Crippen LogP contribution is 2.26. The van der Waals surface area contributed by atoms with Crippen molar-refractivity contribution in [1.29, 1.82) is 0 Å². The number of amides is 2. The van der Waals surface area contributed by atoms with Gasteiger partial charge in [0, 0.05) is 26.1 Å². The molecule has 2 N–H and O–H groups in total. The Labute approximate surface area is 237 Å². The van der Waals surface area contributed by atoms with Crippen molar-refractivity contribution in [3.63, 3.8) is 0 Å². The molecule has 0 saturated heterocycles. The monoisotopic (exact) mass is 565 g/mol. The van der Waals surface area contributed by atoms with Gasteiger partial charge in [0.15, 0.2) is 0 Å². The molecule has 0 radical (unpaired) electrons. The number of hydrogen-bond acceptors (Lipinski definition) is 5. The Morgan fingerprint density at radius 1 is 0.900 bits per heavy atom. The number of benzene rings is 3. The largest absolute Gasteiger partial charge is 0.497 e. The molecule has 3 aromatic rings. The average Bonchev–Trinajstić information content (AvgIpc) is 2.97. The van der Waals surface area contributed by atoms with E-state index < -0.39 is 16.1 Å². The Balaban J connectivity index is 1.88. The topological polar surface area (TPSA) is 105 Å². The number of carbonyl (C=O) groups is 2. The van der Waals surface area contributed by atoms with Gasteiger partial charge in [0.2, 0.25) is 21.8 Å². The van der Waals surface area contributed by atoms with Gasteiger partial charge in [-0.05, 0) is 53.8 Å². The summed E-state index contributed by atoms with van der Waals surface area (Å²) in [7, 11) is -1.95. The fourth-order valence-corrected chi connectivity index (χ4v) is 5.39. The Hall–Kier alpha value is -3.69. The molecule has 2 amide bonds. The maximum atomic E-state index is 13.8. The van der Waals surface area contributed by atoms with Crippen molar-refractivity contribution in [1.82, 2.24) is 14.9 Å². The first-order valence-corrected chi connectivity index (χ1v) is 15.1. The van der Waals surface area contributed by atoms with Crippen LogP contribution in [0.1, 0.15) is 55.8 Å². The van der Waals surface area contributed by atoms with Crippen LogP contribution in [0.25, 0.3) is 0 Å². The molecule has 0 aliphatic rings. The second-order valence-electron chi connectivity index (χ2n) is 9.47. The zero-order valence-corrected chi connectivity index (χ0v) is 24.2. The maximum Gasteiger partial charge on any atom is 0.247 e. The molecule has 0 unspecified atom stereocenters. The van der Waals surface area contributed by atoms with Crippen LogP contribution in [-0.2, 0) is 32.6 Å². The number of nitrogens with one attached hydrogen (secondary N) is 2. The van der Waals surface area contributed by atoms with Gasteiger partial charge in [-0.1, -0.05) is 74.9 Å². The van der Waals surface area contributed by atoms with Crippen LogP contribution in [0.5, 0.6) is 5.75 Å². The van der Waals surface area contributed by atoms with Crippen LogP contribution < -0.4 is 14.8 Å². The zero-order valence-electron chi connectivity index (χ0n) is 23.4. The predicted molar refractivity (Wildman–Crippen MR) is 156 cm³/mol. The molecule has 0 aliphatic heterocycles. The fourth-order valence-electron chi connectivity index (χ4n) is 4.35. The summed E-state index contributed by atoms with van der Waals surface area (Å²) >= 11 is 0. The Morgan fingerprint density at radius 3 is 2.15 bits per heavy atom. The second kappa shape index (κ2) is 15.2. The standard InChI is InChI=1S/C31H39N3O5S/c1-4-6-22-32-31(36)30(26-10-8-7-9-11-26)34(23-25-12-17-27(39-3)18-13-25)29(35)21-16-24-14-19-28(20-15-24)40(37,38)33-5-2/h7-15,17-20,30,33H,4-6,16,21-23H2,1-3H3,(H,32,36)/t30-/m1/s1. The molecule has 0 bridgehead atoms. The number of ether oxygens (including phenoxy) is 1. The van der Waals surface area contributed by atoms with Gasteiger partial charge < -0.3 is 15.0 Å². The molecular formula is C31H39N3O5S. The van der Waals surface area contributed by atoms with Gasteiger partial charge in [-0.3, -0.25) is 9.59 Å². The minimum Gasteiger partial charge on any atom is -0.497 e. The molecule has 3 aromatic carbocycles. The van der Waals surface area contributed by atoms with E-state index in [4.69, 9.17) is 4.74 Å².